The first-order valence-electron chi connectivity index (χ1n) is 9.17. The fourth-order valence-electron chi connectivity index (χ4n) is 2.81. The maximum Gasteiger partial charge on any atom is 0.129 e. The number of nitrogens with zero attached hydrogens (tertiary/aromatic N) is 3. The quantitative estimate of drug-likeness (QED) is 0.503. The minimum Gasteiger partial charge on any atom is -0.496 e. The Morgan fingerprint density at radius 1 is 0.964 bits per heavy atom. The number of rotatable bonds is 10. The molecular weight excluding hydrogens is 370 g/mol. The van der Waals surface area contributed by atoms with Crippen LogP contribution in [0.25, 0.3) is 11.3 Å². The normalized spacial score (nSPS) is 10.5. The fourth-order valence-corrected chi connectivity index (χ4v) is 3.12. The summed E-state index contributed by atoms with van der Waals surface area (Å²) < 4.78 is 5.40. The van der Waals surface area contributed by atoms with E-state index in [1.54, 1.807) is 31.4 Å². The molecule has 3 rings (SSSR count). The molecular formula is C21H25N5OS. The van der Waals surface area contributed by atoms with Crippen LogP contribution in [0.2, 0.25) is 0 Å². The van der Waals surface area contributed by atoms with Crippen LogP contribution in [0.5, 0.6) is 5.75 Å². The van der Waals surface area contributed by atoms with E-state index >= 15 is 0 Å². The van der Waals surface area contributed by atoms with Crippen LogP contribution in [-0.4, -0.2) is 47.2 Å². The van der Waals surface area contributed by atoms with Crippen LogP contribution in [0.15, 0.2) is 55.0 Å². The molecule has 0 bridgehead atoms. The Hall–Kier alpha value is -2.80. The number of thioether (sulfide) groups is 1. The zero-order valence-electron chi connectivity index (χ0n) is 16.2. The minimum atomic E-state index is 0.759. The molecule has 0 aliphatic heterocycles. The van der Waals surface area contributed by atoms with Gasteiger partial charge in [0, 0.05) is 36.7 Å². The van der Waals surface area contributed by atoms with E-state index in [4.69, 9.17) is 4.74 Å². The van der Waals surface area contributed by atoms with Crippen LogP contribution in [-0.2, 0) is 6.42 Å². The molecule has 0 saturated heterocycles. The predicted octanol–water partition coefficient (Wildman–Crippen LogP) is 3.98. The molecule has 146 valence electrons. The van der Waals surface area contributed by atoms with Crippen molar-refractivity contribution in [3.05, 3.63) is 60.6 Å². The average Bonchev–Trinajstić information content (AvgIpc) is 2.75. The molecule has 3 aromatic rings. The van der Waals surface area contributed by atoms with Crippen LogP contribution in [0.1, 0.15) is 5.56 Å². The lowest BCUT2D eigenvalue weighted by atomic mass is 10.1. The fraction of sp³-hybridized carbons (Fsp3) is 0.286. The van der Waals surface area contributed by atoms with E-state index in [0.717, 1.165) is 53.9 Å². The van der Waals surface area contributed by atoms with Crippen molar-refractivity contribution in [3.63, 3.8) is 0 Å². The lowest BCUT2D eigenvalue weighted by Gasteiger charge is -2.10. The summed E-state index contributed by atoms with van der Waals surface area (Å²) in [6.45, 7) is 1.64. The van der Waals surface area contributed by atoms with Crippen molar-refractivity contribution in [1.82, 2.24) is 15.0 Å². The summed E-state index contributed by atoms with van der Waals surface area (Å²) in [5.74, 6) is 3.61. The lowest BCUT2D eigenvalue weighted by Crippen LogP contribution is -2.07. The van der Waals surface area contributed by atoms with Gasteiger partial charge in [-0.2, -0.15) is 11.8 Å². The number of benzene rings is 1. The van der Waals surface area contributed by atoms with Crippen molar-refractivity contribution in [3.8, 4) is 17.0 Å². The number of nitrogens with one attached hydrogen (secondary N) is 2. The average molecular weight is 396 g/mol. The van der Waals surface area contributed by atoms with E-state index in [2.05, 4.69) is 37.9 Å². The van der Waals surface area contributed by atoms with Crippen LogP contribution in [0.3, 0.4) is 0 Å². The van der Waals surface area contributed by atoms with E-state index in [0.29, 0.717) is 0 Å². The number of para-hydroxylation sites is 1. The standard InChI is InChI=1S/C21H25N5OS/c1-27-19-6-4-3-5-16(19)7-9-23-21-14-18(25-15-26-21)17-8-10-22-20(13-17)24-11-12-28-2/h3-6,8,10,13-15H,7,9,11-12H2,1-2H3,(H,22,24)(H,23,25,26). The molecule has 0 saturated carbocycles. The first kappa shape index (κ1) is 19.9. The Morgan fingerprint density at radius 2 is 1.79 bits per heavy atom. The highest BCUT2D eigenvalue weighted by Gasteiger charge is 2.05. The van der Waals surface area contributed by atoms with Gasteiger partial charge in [-0.3, -0.25) is 0 Å². The SMILES string of the molecule is COc1ccccc1CCNc1cc(-c2ccnc(NCCSC)c2)ncn1. The summed E-state index contributed by atoms with van der Waals surface area (Å²) in [6, 6.07) is 14.0. The van der Waals surface area contributed by atoms with E-state index in [-0.39, 0.29) is 0 Å². The van der Waals surface area contributed by atoms with E-state index < -0.39 is 0 Å². The van der Waals surface area contributed by atoms with E-state index in [9.17, 15) is 0 Å². The van der Waals surface area contributed by atoms with Crippen LogP contribution >= 0.6 is 11.8 Å². The van der Waals surface area contributed by atoms with Crippen molar-refractivity contribution in [2.45, 2.75) is 6.42 Å². The number of hydrogen-bond acceptors (Lipinski definition) is 7. The monoisotopic (exact) mass is 395 g/mol. The third-order valence-electron chi connectivity index (χ3n) is 4.23. The van der Waals surface area contributed by atoms with Gasteiger partial charge in [0.15, 0.2) is 0 Å². The van der Waals surface area contributed by atoms with Gasteiger partial charge < -0.3 is 15.4 Å². The molecule has 2 N–H and O–H groups in total. The topological polar surface area (TPSA) is 72.0 Å². The summed E-state index contributed by atoms with van der Waals surface area (Å²) in [7, 11) is 1.70. The molecule has 2 aromatic heterocycles. The second-order valence-corrected chi connectivity index (χ2v) is 7.11. The highest BCUT2D eigenvalue weighted by molar-refractivity contribution is 7.98. The summed E-state index contributed by atoms with van der Waals surface area (Å²) in [6.07, 6.45) is 6.33. The van der Waals surface area contributed by atoms with E-state index in [1.165, 1.54) is 5.56 Å². The molecule has 1 aromatic carbocycles. The number of aromatic nitrogens is 3. The van der Waals surface area contributed by atoms with Gasteiger partial charge in [0.2, 0.25) is 0 Å². The number of hydrogen-bond donors (Lipinski definition) is 2. The molecule has 28 heavy (non-hydrogen) atoms. The highest BCUT2D eigenvalue weighted by Crippen LogP contribution is 2.21. The van der Waals surface area contributed by atoms with Gasteiger partial charge in [0.05, 0.1) is 12.8 Å². The predicted molar refractivity (Wildman–Crippen MR) is 117 cm³/mol. The maximum atomic E-state index is 5.40. The Morgan fingerprint density at radius 3 is 2.64 bits per heavy atom. The first-order chi connectivity index (χ1) is 13.8. The summed E-state index contributed by atoms with van der Waals surface area (Å²) in [4.78, 5) is 13.1. The van der Waals surface area contributed by atoms with Crippen molar-refractivity contribution < 1.29 is 4.74 Å². The molecule has 2 heterocycles. The van der Waals surface area contributed by atoms with Crippen molar-refractivity contribution in [2.75, 3.05) is 42.8 Å². The van der Waals surface area contributed by atoms with Crippen LogP contribution < -0.4 is 15.4 Å². The second-order valence-electron chi connectivity index (χ2n) is 6.13. The highest BCUT2D eigenvalue weighted by atomic mass is 32.2. The zero-order chi connectivity index (χ0) is 19.6. The van der Waals surface area contributed by atoms with Crippen molar-refractivity contribution in [2.24, 2.45) is 0 Å². The number of methoxy groups -OCH3 is 1. The van der Waals surface area contributed by atoms with Gasteiger partial charge >= 0.3 is 0 Å². The summed E-state index contributed by atoms with van der Waals surface area (Å²) in [5, 5.41) is 6.70. The summed E-state index contributed by atoms with van der Waals surface area (Å²) >= 11 is 1.80. The molecule has 0 unspecified atom stereocenters. The van der Waals surface area contributed by atoms with Gasteiger partial charge in [-0.05, 0) is 36.4 Å². The molecule has 0 fully saturated rings. The summed E-state index contributed by atoms with van der Waals surface area (Å²) in [5.41, 5.74) is 3.05. The van der Waals surface area contributed by atoms with Gasteiger partial charge in [-0.1, -0.05) is 18.2 Å². The van der Waals surface area contributed by atoms with Gasteiger partial charge in [0.25, 0.3) is 0 Å². The van der Waals surface area contributed by atoms with Crippen LogP contribution in [0, 0.1) is 0 Å². The van der Waals surface area contributed by atoms with Crippen molar-refractivity contribution in [1.29, 1.82) is 0 Å². The Labute approximate surface area is 170 Å². The van der Waals surface area contributed by atoms with Crippen molar-refractivity contribution >= 4 is 23.4 Å². The largest absolute Gasteiger partial charge is 0.496 e. The van der Waals surface area contributed by atoms with Gasteiger partial charge in [0.1, 0.15) is 23.7 Å². The number of ether oxygens (including phenoxy) is 1. The first-order valence-corrected chi connectivity index (χ1v) is 10.6. The third kappa shape index (κ3) is 5.60. The van der Waals surface area contributed by atoms with Gasteiger partial charge in [-0.25, -0.2) is 15.0 Å². The maximum absolute atomic E-state index is 5.40. The minimum absolute atomic E-state index is 0.759. The number of anilines is 2. The number of pyridine rings is 1. The third-order valence-corrected chi connectivity index (χ3v) is 4.84. The molecule has 0 aliphatic rings. The molecule has 0 amide bonds. The smallest absolute Gasteiger partial charge is 0.129 e. The second kappa shape index (κ2) is 10.5. The van der Waals surface area contributed by atoms with E-state index in [1.807, 2.05) is 36.4 Å². The molecule has 0 spiro atoms. The Bertz CT molecular complexity index is 890. The lowest BCUT2D eigenvalue weighted by molar-refractivity contribution is 0.410. The zero-order valence-corrected chi connectivity index (χ0v) is 17.0. The van der Waals surface area contributed by atoms with Gasteiger partial charge in [-0.15, -0.1) is 0 Å². The Balaban J connectivity index is 1.63. The molecule has 0 atom stereocenters. The molecule has 6 nitrogen and oxygen atoms in total. The molecule has 0 aliphatic carbocycles. The molecule has 7 heteroatoms. The Kier molecular flexibility index (Phi) is 7.49. The molecule has 0 radical (unpaired) electrons. The van der Waals surface area contributed by atoms with Crippen LogP contribution in [0.4, 0.5) is 11.6 Å².